The summed E-state index contributed by atoms with van der Waals surface area (Å²) in [6.45, 7) is 0.143. The second kappa shape index (κ2) is 7.17. The second-order valence-electron chi connectivity index (χ2n) is 4.41. The first-order valence-corrected chi connectivity index (χ1v) is 7.21. The van der Waals surface area contributed by atoms with Gasteiger partial charge in [-0.05, 0) is 24.3 Å². The fraction of sp³-hybridized carbons (Fsp3) is 0.188. The average molecular weight is 367 g/mol. The van der Waals surface area contributed by atoms with Crippen LogP contribution in [0.2, 0.25) is 0 Å². The van der Waals surface area contributed by atoms with Crippen LogP contribution in [0.15, 0.2) is 40.9 Å². The molecular formula is C16H15BrO5. The van der Waals surface area contributed by atoms with Gasteiger partial charge in [-0.2, -0.15) is 0 Å². The Morgan fingerprint density at radius 2 is 1.82 bits per heavy atom. The molecule has 0 aliphatic carbocycles. The Kier molecular flexibility index (Phi) is 5.27. The van der Waals surface area contributed by atoms with Crippen molar-refractivity contribution in [3.63, 3.8) is 0 Å². The van der Waals surface area contributed by atoms with Crippen LogP contribution in [0.5, 0.6) is 17.2 Å². The summed E-state index contributed by atoms with van der Waals surface area (Å²) in [6, 6.07) is 10.2. The van der Waals surface area contributed by atoms with Crippen LogP contribution < -0.4 is 14.2 Å². The summed E-state index contributed by atoms with van der Waals surface area (Å²) in [5, 5.41) is 9.22. The third-order valence-corrected chi connectivity index (χ3v) is 3.54. The topological polar surface area (TPSA) is 65.0 Å². The maximum Gasteiger partial charge on any atom is 0.336 e. The SMILES string of the molecule is COc1ccc(OCc2ccc(Br)cc2C(=O)O)cc1OC. The van der Waals surface area contributed by atoms with Crippen LogP contribution in [-0.4, -0.2) is 25.3 Å². The molecule has 2 aromatic carbocycles. The van der Waals surface area contributed by atoms with E-state index < -0.39 is 5.97 Å². The van der Waals surface area contributed by atoms with E-state index in [2.05, 4.69) is 15.9 Å². The van der Waals surface area contributed by atoms with E-state index in [0.717, 1.165) is 0 Å². The summed E-state index contributed by atoms with van der Waals surface area (Å²) >= 11 is 3.26. The lowest BCUT2D eigenvalue weighted by atomic mass is 10.1. The number of halogens is 1. The molecule has 0 atom stereocenters. The number of carboxylic acids is 1. The van der Waals surface area contributed by atoms with E-state index in [-0.39, 0.29) is 12.2 Å². The Bertz CT molecular complexity index is 684. The number of hydrogen-bond donors (Lipinski definition) is 1. The molecule has 0 bridgehead atoms. The van der Waals surface area contributed by atoms with Gasteiger partial charge in [-0.15, -0.1) is 0 Å². The number of benzene rings is 2. The number of carbonyl (C=O) groups is 1. The molecule has 0 saturated carbocycles. The fourth-order valence-electron chi connectivity index (χ4n) is 1.94. The minimum atomic E-state index is -0.993. The van der Waals surface area contributed by atoms with Crippen molar-refractivity contribution in [1.82, 2.24) is 0 Å². The average Bonchev–Trinajstić information content (AvgIpc) is 2.53. The molecule has 0 spiro atoms. The quantitative estimate of drug-likeness (QED) is 0.843. The molecule has 0 aliphatic rings. The Hall–Kier alpha value is -2.21. The Labute approximate surface area is 136 Å². The van der Waals surface area contributed by atoms with Gasteiger partial charge in [-0.1, -0.05) is 22.0 Å². The highest BCUT2D eigenvalue weighted by atomic mass is 79.9. The number of rotatable bonds is 6. The predicted octanol–water partition coefficient (Wildman–Crippen LogP) is 3.74. The zero-order valence-electron chi connectivity index (χ0n) is 12.1. The molecule has 1 N–H and O–H groups in total. The van der Waals surface area contributed by atoms with Gasteiger partial charge in [0.2, 0.25) is 0 Å². The van der Waals surface area contributed by atoms with Crippen LogP contribution in [0, 0.1) is 0 Å². The summed E-state index contributed by atoms with van der Waals surface area (Å²) in [7, 11) is 3.10. The number of hydrogen-bond acceptors (Lipinski definition) is 4. The highest BCUT2D eigenvalue weighted by Crippen LogP contribution is 2.31. The molecule has 6 heteroatoms. The smallest absolute Gasteiger partial charge is 0.336 e. The summed E-state index contributed by atoms with van der Waals surface area (Å²) in [6.07, 6.45) is 0. The fourth-order valence-corrected chi connectivity index (χ4v) is 2.30. The van der Waals surface area contributed by atoms with Gasteiger partial charge in [0, 0.05) is 16.1 Å². The van der Waals surface area contributed by atoms with Gasteiger partial charge in [-0.3, -0.25) is 0 Å². The molecule has 0 amide bonds. The summed E-state index contributed by atoms with van der Waals surface area (Å²) in [5.74, 6) is 0.725. The second-order valence-corrected chi connectivity index (χ2v) is 5.33. The summed E-state index contributed by atoms with van der Waals surface area (Å²) < 4.78 is 16.7. The first-order chi connectivity index (χ1) is 10.5. The van der Waals surface area contributed by atoms with Crippen molar-refractivity contribution >= 4 is 21.9 Å². The van der Waals surface area contributed by atoms with Gasteiger partial charge in [0.15, 0.2) is 11.5 Å². The normalized spacial score (nSPS) is 10.1. The van der Waals surface area contributed by atoms with E-state index in [1.54, 1.807) is 50.6 Å². The molecule has 0 fully saturated rings. The molecule has 0 unspecified atom stereocenters. The van der Waals surface area contributed by atoms with Crippen LogP contribution in [-0.2, 0) is 6.61 Å². The number of carboxylic acid groups (broad SMARTS) is 1. The Balaban J connectivity index is 2.18. The molecule has 2 rings (SSSR count). The zero-order valence-corrected chi connectivity index (χ0v) is 13.7. The first kappa shape index (κ1) is 16.2. The van der Waals surface area contributed by atoms with E-state index in [1.165, 1.54) is 0 Å². The minimum absolute atomic E-state index is 0.143. The van der Waals surface area contributed by atoms with Crippen molar-refractivity contribution < 1.29 is 24.1 Å². The van der Waals surface area contributed by atoms with Crippen molar-refractivity contribution in [2.45, 2.75) is 6.61 Å². The summed E-state index contributed by atoms with van der Waals surface area (Å²) in [5.41, 5.74) is 0.792. The molecule has 5 nitrogen and oxygen atoms in total. The molecule has 116 valence electrons. The van der Waals surface area contributed by atoms with Crippen LogP contribution in [0.4, 0.5) is 0 Å². The molecule has 2 aromatic rings. The van der Waals surface area contributed by atoms with Gasteiger partial charge < -0.3 is 19.3 Å². The van der Waals surface area contributed by atoms with Crippen LogP contribution in [0.1, 0.15) is 15.9 Å². The lowest BCUT2D eigenvalue weighted by Crippen LogP contribution is -2.05. The van der Waals surface area contributed by atoms with Gasteiger partial charge in [0.1, 0.15) is 12.4 Å². The number of ether oxygens (including phenoxy) is 3. The maximum atomic E-state index is 11.3. The van der Waals surface area contributed by atoms with E-state index in [0.29, 0.717) is 27.3 Å². The molecule has 0 heterocycles. The first-order valence-electron chi connectivity index (χ1n) is 6.41. The van der Waals surface area contributed by atoms with Crippen LogP contribution >= 0.6 is 15.9 Å². The lowest BCUT2D eigenvalue weighted by molar-refractivity contribution is 0.0694. The van der Waals surface area contributed by atoms with E-state index in [1.807, 2.05) is 0 Å². The van der Waals surface area contributed by atoms with Gasteiger partial charge in [0.25, 0.3) is 0 Å². The van der Waals surface area contributed by atoms with Gasteiger partial charge >= 0.3 is 5.97 Å². The molecule has 0 aliphatic heterocycles. The standard InChI is InChI=1S/C16H15BrO5/c1-20-14-6-5-12(8-15(14)21-2)22-9-10-3-4-11(17)7-13(10)16(18)19/h3-8H,9H2,1-2H3,(H,18,19). The Morgan fingerprint density at radius 1 is 1.09 bits per heavy atom. The highest BCUT2D eigenvalue weighted by molar-refractivity contribution is 9.10. The van der Waals surface area contributed by atoms with Crippen molar-refractivity contribution in [1.29, 1.82) is 0 Å². The molecule has 0 saturated heterocycles. The highest BCUT2D eigenvalue weighted by Gasteiger charge is 2.12. The Morgan fingerprint density at radius 3 is 2.45 bits per heavy atom. The summed E-state index contributed by atoms with van der Waals surface area (Å²) in [4.78, 5) is 11.3. The van der Waals surface area contributed by atoms with E-state index >= 15 is 0 Å². The molecule has 0 aromatic heterocycles. The lowest BCUT2D eigenvalue weighted by Gasteiger charge is -2.12. The maximum absolute atomic E-state index is 11.3. The predicted molar refractivity (Wildman–Crippen MR) is 85.0 cm³/mol. The number of aromatic carboxylic acids is 1. The van der Waals surface area contributed by atoms with Gasteiger partial charge in [0.05, 0.1) is 19.8 Å². The number of methoxy groups -OCH3 is 2. The minimum Gasteiger partial charge on any atom is -0.493 e. The van der Waals surface area contributed by atoms with Crippen molar-refractivity contribution in [3.8, 4) is 17.2 Å². The van der Waals surface area contributed by atoms with Crippen molar-refractivity contribution in [2.24, 2.45) is 0 Å². The molecular weight excluding hydrogens is 352 g/mol. The van der Waals surface area contributed by atoms with E-state index in [4.69, 9.17) is 14.2 Å². The largest absolute Gasteiger partial charge is 0.493 e. The monoisotopic (exact) mass is 366 g/mol. The molecule has 22 heavy (non-hydrogen) atoms. The molecule has 0 radical (unpaired) electrons. The van der Waals surface area contributed by atoms with Crippen LogP contribution in [0.25, 0.3) is 0 Å². The third-order valence-electron chi connectivity index (χ3n) is 3.05. The van der Waals surface area contributed by atoms with E-state index in [9.17, 15) is 9.90 Å². The van der Waals surface area contributed by atoms with Crippen molar-refractivity contribution in [3.05, 3.63) is 52.0 Å². The van der Waals surface area contributed by atoms with Crippen molar-refractivity contribution in [2.75, 3.05) is 14.2 Å². The zero-order chi connectivity index (χ0) is 16.1. The van der Waals surface area contributed by atoms with Gasteiger partial charge in [-0.25, -0.2) is 4.79 Å². The third kappa shape index (κ3) is 3.71. The van der Waals surface area contributed by atoms with Crippen LogP contribution in [0.3, 0.4) is 0 Å².